The van der Waals surface area contributed by atoms with Crippen LogP contribution in [0.25, 0.3) is 6.08 Å². The second-order valence-corrected chi connectivity index (χ2v) is 5.88. The number of amides is 1. The maximum absolute atomic E-state index is 12.9. The first-order valence-corrected chi connectivity index (χ1v) is 8.23. The van der Waals surface area contributed by atoms with Crippen molar-refractivity contribution in [2.75, 3.05) is 26.6 Å². The Balaban J connectivity index is 2.21. The minimum Gasteiger partial charge on any atom is -0.493 e. The minimum atomic E-state index is -4.62. The van der Waals surface area contributed by atoms with E-state index in [9.17, 15) is 18.0 Å². The molecule has 2 aromatic carbocycles. The van der Waals surface area contributed by atoms with Gasteiger partial charge in [-0.05, 0) is 42.0 Å². The predicted molar refractivity (Wildman–Crippen MR) is 100 cm³/mol. The van der Waals surface area contributed by atoms with Crippen molar-refractivity contribution in [3.63, 3.8) is 0 Å². The van der Waals surface area contributed by atoms with Crippen molar-refractivity contribution in [2.45, 2.75) is 6.18 Å². The van der Waals surface area contributed by atoms with E-state index in [2.05, 4.69) is 5.32 Å². The second-order valence-electron chi connectivity index (χ2n) is 5.47. The average molecular weight is 416 g/mol. The third-order valence-corrected chi connectivity index (χ3v) is 3.98. The molecule has 2 rings (SSSR count). The molecule has 0 unspecified atom stereocenters. The molecule has 0 saturated carbocycles. The highest BCUT2D eigenvalue weighted by Gasteiger charge is 2.33. The Bertz CT molecular complexity index is 872. The van der Waals surface area contributed by atoms with Crippen molar-refractivity contribution in [3.8, 4) is 17.2 Å². The summed E-state index contributed by atoms with van der Waals surface area (Å²) in [5, 5.41) is 1.91. The molecule has 28 heavy (non-hydrogen) atoms. The normalized spacial score (nSPS) is 11.4. The van der Waals surface area contributed by atoms with Gasteiger partial charge in [-0.25, -0.2) is 0 Å². The molecule has 0 saturated heterocycles. The Morgan fingerprint density at radius 3 is 2.14 bits per heavy atom. The molecular weight excluding hydrogens is 399 g/mol. The van der Waals surface area contributed by atoms with E-state index in [0.717, 1.165) is 12.1 Å². The predicted octanol–water partition coefficient (Wildman–Crippen LogP) is 5.04. The van der Waals surface area contributed by atoms with Crippen molar-refractivity contribution in [3.05, 3.63) is 52.6 Å². The number of hydrogen-bond acceptors (Lipinski definition) is 4. The fraction of sp³-hybridized carbons (Fsp3) is 0.211. The van der Waals surface area contributed by atoms with Gasteiger partial charge in [0.05, 0.1) is 31.9 Å². The number of alkyl halides is 3. The van der Waals surface area contributed by atoms with Crippen LogP contribution < -0.4 is 19.5 Å². The van der Waals surface area contributed by atoms with E-state index in [1.54, 1.807) is 12.1 Å². The molecule has 0 aliphatic carbocycles. The van der Waals surface area contributed by atoms with Crippen LogP contribution in [0.2, 0.25) is 5.02 Å². The molecule has 0 aromatic heterocycles. The molecule has 1 N–H and O–H groups in total. The van der Waals surface area contributed by atoms with E-state index < -0.39 is 22.7 Å². The molecule has 9 heteroatoms. The van der Waals surface area contributed by atoms with Gasteiger partial charge in [0.25, 0.3) is 0 Å². The van der Waals surface area contributed by atoms with Crippen LogP contribution in [0.3, 0.4) is 0 Å². The lowest BCUT2D eigenvalue weighted by atomic mass is 10.1. The summed E-state index contributed by atoms with van der Waals surface area (Å²) in [6, 6.07) is 6.36. The average Bonchev–Trinajstić information content (AvgIpc) is 2.65. The molecule has 0 fully saturated rings. The highest BCUT2D eigenvalue weighted by Crippen LogP contribution is 2.38. The van der Waals surface area contributed by atoms with E-state index in [4.69, 9.17) is 25.8 Å². The van der Waals surface area contributed by atoms with Gasteiger partial charge in [-0.15, -0.1) is 0 Å². The van der Waals surface area contributed by atoms with Gasteiger partial charge in [0.1, 0.15) is 0 Å². The van der Waals surface area contributed by atoms with Gasteiger partial charge in [0.2, 0.25) is 11.7 Å². The number of rotatable bonds is 6. The molecule has 0 heterocycles. The standard InChI is InChI=1S/C19H17ClF3NO4/c1-26-15-8-11(9-16(27-2)18(15)28-3)4-7-17(25)24-12-5-6-14(20)13(10-12)19(21,22)23/h4-10H,1-3H3,(H,24,25)/b7-4+. The number of anilines is 1. The van der Waals surface area contributed by atoms with Crippen LogP contribution in [0.1, 0.15) is 11.1 Å². The van der Waals surface area contributed by atoms with Crippen molar-refractivity contribution >= 4 is 29.3 Å². The first-order valence-electron chi connectivity index (χ1n) is 7.85. The lowest BCUT2D eigenvalue weighted by Gasteiger charge is -2.13. The summed E-state index contributed by atoms with van der Waals surface area (Å²) in [6.07, 6.45) is -1.99. The molecule has 150 valence electrons. The summed E-state index contributed by atoms with van der Waals surface area (Å²) < 4.78 is 54.3. The third kappa shape index (κ3) is 5.10. The molecular formula is C19H17ClF3NO4. The smallest absolute Gasteiger partial charge is 0.417 e. The van der Waals surface area contributed by atoms with Crippen LogP contribution >= 0.6 is 11.6 Å². The zero-order chi connectivity index (χ0) is 20.9. The van der Waals surface area contributed by atoms with Gasteiger partial charge in [-0.1, -0.05) is 11.6 Å². The van der Waals surface area contributed by atoms with Crippen molar-refractivity contribution < 1.29 is 32.2 Å². The number of benzene rings is 2. The highest BCUT2D eigenvalue weighted by molar-refractivity contribution is 6.31. The molecule has 0 radical (unpaired) electrons. The van der Waals surface area contributed by atoms with E-state index >= 15 is 0 Å². The van der Waals surface area contributed by atoms with E-state index in [-0.39, 0.29) is 5.69 Å². The minimum absolute atomic E-state index is 0.0312. The fourth-order valence-corrected chi connectivity index (χ4v) is 2.60. The maximum atomic E-state index is 12.9. The lowest BCUT2D eigenvalue weighted by molar-refractivity contribution is -0.137. The first kappa shape index (κ1) is 21.4. The Hall–Kier alpha value is -2.87. The SMILES string of the molecule is COc1cc(/C=C/C(=O)Nc2ccc(Cl)c(C(F)(F)F)c2)cc(OC)c1OC. The number of hydrogen-bond donors (Lipinski definition) is 1. The molecule has 0 atom stereocenters. The van der Waals surface area contributed by atoms with Crippen molar-refractivity contribution in [2.24, 2.45) is 0 Å². The van der Waals surface area contributed by atoms with Gasteiger partial charge >= 0.3 is 6.18 Å². The van der Waals surface area contributed by atoms with Crippen molar-refractivity contribution in [1.29, 1.82) is 0 Å². The van der Waals surface area contributed by atoms with E-state index in [1.807, 2.05) is 0 Å². The van der Waals surface area contributed by atoms with E-state index in [1.165, 1.54) is 39.5 Å². The van der Waals surface area contributed by atoms with Gasteiger partial charge in [-0.2, -0.15) is 13.2 Å². The largest absolute Gasteiger partial charge is 0.493 e. The van der Waals surface area contributed by atoms with Crippen LogP contribution in [0.5, 0.6) is 17.2 Å². The van der Waals surface area contributed by atoms with Crippen LogP contribution in [-0.2, 0) is 11.0 Å². The summed E-state index contributed by atoms with van der Waals surface area (Å²) in [4.78, 5) is 12.1. The molecule has 0 spiro atoms. The number of ether oxygens (including phenoxy) is 3. The van der Waals surface area contributed by atoms with Crippen LogP contribution in [0, 0.1) is 0 Å². The number of halogens is 4. The van der Waals surface area contributed by atoms with E-state index in [0.29, 0.717) is 22.8 Å². The van der Waals surface area contributed by atoms with Crippen LogP contribution in [-0.4, -0.2) is 27.2 Å². The maximum Gasteiger partial charge on any atom is 0.417 e. The van der Waals surface area contributed by atoms with Gasteiger partial charge in [0.15, 0.2) is 11.5 Å². The molecule has 2 aromatic rings. The summed E-state index contributed by atoms with van der Waals surface area (Å²) in [5.74, 6) is 0.570. The quantitative estimate of drug-likeness (QED) is 0.672. The number of methoxy groups -OCH3 is 3. The zero-order valence-electron chi connectivity index (χ0n) is 15.2. The Kier molecular flexibility index (Phi) is 6.80. The summed E-state index contributed by atoms with van der Waals surface area (Å²) >= 11 is 5.56. The lowest BCUT2D eigenvalue weighted by Crippen LogP contribution is -2.11. The topological polar surface area (TPSA) is 56.8 Å². The summed E-state index contributed by atoms with van der Waals surface area (Å²) in [6.45, 7) is 0. The molecule has 0 bridgehead atoms. The molecule has 0 aliphatic rings. The van der Waals surface area contributed by atoms with Crippen LogP contribution in [0.15, 0.2) is 36.4 Å². The molecule has 5 nitrogen and oxygen atoms in total. The second kappa shape index (κ2) is 8.88. The zero-order valence-corrected chi connectivity index (χ0v) is 15.9. The van der Waals surface area contributed by atoms with Crippen molar-refractivity contribution in [1.82, 2.24) is 0 Å². The Morgan fingerprint density at radius 1 is 1.04 bits per heavy atom. The van der Waals surface area contributed by atoms with Gasteiger partial charge in [0, 0.05) is 11.8 Å². The van der Waals surface area contributed by atoms with Crippen LogP contribution in [0.4, 0.5) is 18.9 Å². The van der Waals surface area contributed by atoms with Gasteiger partial charge < -0.3 is 19.5 Å². The number of nitrogens with one attached hydrogen (secondary N) is 1. The monoisotopic (exact) mass is 415 g/mol. The first-order chi connectivity index (χ1) is 13.2. The third-order valence-electron chi connectivity index (χ3n) is 3.65. The highest BCUT2D eigenvalue weighted by atomic mass is 35.5. The molecule has 0 aliphatic heterocycles. The number of carbonyl (C=O) groups excluding carboxylic acids is 1. The summed E-state index contributed by atoms with van der Waals surface area (Å²) in [7, 11) is 4.37. The van der Waals surface area contributed by atoms with Gasteiger partial charge in [-0.3, -0.25) is 4.79 Å². The Morgan fingerprint density at radius 2 is 1.64 bits per heavy atom. The fourth-order valence-electron chi connectivity index (χ4n) is 2.37. The summed E-state index contributed by atoms with van der Waals surface area (Å²) in [5.41, 5.74) is -0.492. The Labute approximate surface area is 164 Å². The number of carbonyl (C=O) groups is 1. The molecule has 1 amide bonds.